The first-order valence-electron chi connectivity index (χ1n) is 11.1. The molecule has 0 bridgehead atoms. The van der Waals surface area contributed by atoms with Gasteiger partial charge in [0.2, 0.25) is 0 Å². The van der Waals surface area contributed by atoms with Crippen LogP contribution in [0.1, 0.15) is 39.5 Å². The van der Waals surface area contributed by atoms with E-state index in [1.165, 1.54) is 35.4 Å². The molecule has 35 heavy (non-hydrogen) atoms. The molecule has 1 saturated heterocycles. The van der Waals surface area contributed by atoms with Gasteiger partial charge in [-0.2, -0.15) is 5.26 Å². The van der Waals surface area contributed by atoms with Crippen molar-refractivity contribution in [2.24, 2.45) is 5.92 Å². The highest BCUT2D eigenvalue weighted by Gasteiger charge is 2.51. The van der Waals surface area contributed by atoms with Crippen LogP contribution in [0.15, 0.2) is 60.8 Å². The van der Waals surface area contributed by atoms with Gasteiger partial charge < -0.3 is 14.9 Å². The van der Waals surface area contributed by atoms with Gasteiger partial charge in [0.15, 0.2) is 0 Å². The average Bonchev–Trinajstić information content (AvgIpc) is 3.41. The summed E-state index contributed by atoms with van der Waals surface area (Å²) in [6.07, 6.45) is 1.75. The standard InChI is InChI=1S/C26H20F2N4O3/c27-17-7-4-15(5-8-17)14-32-23(22-18(25(32)33)2-1-3-20(22)28)19-10-11-31(24(19)26(34)35)21-9-6-16(12-29)13-30-21/h1-9,13,19,23-24H,10-11,14H2,(H,34,35)/t19?,23?,24-/m0/s1. The number of fused-ring (bicyclic) bond motifs is 1. The van der Waals surface area contributed by atoms with Gasteiger partial charge in [-0.15, -0.1) is 0 Å². The predicted octanol–water partition coefficient (Wildman–Crippen LogP) is 3.91. The van der Waals surface area contributed by atoms with Gasteiger partial charge in [-0.1, -0.05) is 18.2 Å². The third-order valence-electron chi connectivity index (χ3n) is 6.72. The maximum atomic E-state index is 15.1. The van der Waals surface area contributed by atoms with Crippen LogP contribution in [0.25, 0.3) is 0 Å². The molecule has 3 atom stereocenters. The number of carboxylic acids is 1. The Morgan fingerprint density at radius 3 is 2.57 bits per heavy atom. The number of carbonyl (C=O) groups excluding carboxylic acids is 1. The van der Waals surface area contributed by atoms with Crippen LogP contribution in [-0.4, -0.2) is 39.5 Å². The molecule has 0 spiro atoms. The summed E-state index contributed by atoms with van der Waals surface area (Å²) in [5, 5.41) is 19.2. The molecule has 1 N–H and O–H groups in total. The minimum atomic E-state index is -1.11. The summed E-state index contributed by atoms with van der Waals surface area (Å²) in [7, 11) is 0. The molecule has 1 aromatic heterocycles. The molecule has 1 fully saturated rings. The van der Waals surface area contributed by atoms with Gasteiger partial charge in [0.25, 0.3) is 5.91 Å². The van der Waals surface area contributed by atoms with Gasteiger partial charge in [-0.25, -0.2) is 18.6 Å². The zero-order valence-corrected chi connectivity index (χ0v) is 18.4. The maximum absolute atomic E-state index is 15.1. The van der Waals surface area contributed by atoms with Crippen LogP contribution in [-0.2, 0) is 11.3 Å². The van der Waals surface area contributed by atoms with E-state index < -0.39 is 41.5 Å². The zero-order valence-electron chi connectivity index (χ0n) is 18.4. The van der Waals surface area contributed by atoms with Crippen molar-refractivity contribution in [2.75, 3.05) is 11.4 Å². The first kappa shape index (κ1) is 22.5. The molecule has 9 heteroatoms. The molecule has 2 aromatic carbocycles. The summed E-state index contributed by atoms with van der Waals surface area (Å²) in [5.74, 6) is -2.73. The van der Waals surface area contributed by atoms with E-state index in [2.05, 4.69) is 4.98 Å². The molecule has 0 aliphatic carbocycles. The molecule has 3 aromatic rings. The van der Waals surface area contributed by atoms with Crippen LogP contribution >= 0.6 is 0 Å². The normalized spacial score (nSPS) is 21.2. The molecule has 2 aliphatic rings. The second kappa shape index (κ2) is 8.80. The van der Waals surface area contributed by atoms with Gasteiger partial charge in [0.1, 0.15) is 29.6 Å². The Hall–Kier alpha value is -4.32. The van der Waals surface area contributed by atoms with Crippen molar-refractivity contribution in [1.82, 2.24) is 9.88 Å². The summed E-state index contributed by atoms with van der Waals surface area (Å²) < 4.78 is 28.6. The number of carbonyl (C=O) groups is 2. The molecule has 2 aliphatic heterocycles. The van der Waals surface area contributed by atoms with Gasteiger partial charge in [-0.05, 0) is 48.4 Å². The SMILES string of the molecule is N#Cc1ccc(N2CCC(C3c4c(F)cccc4C(=O)N3Cc3ccc(F)cc3)[C@H]2C(=O)O)nc1. The molecule has 3 heterocycles. The van der Waals surface area contributed by atoms with Gasteiger partial charge in [0, 0.05) is 36.3 Å². The summed E-state index contributed by atoms with van der Waals surface area (Å²) in [5.41, 5.74) is 1.38. The Kier molecular flexibility index (Phi) is 5.65. The first-order chi connectivity index (χ1) is 16.9. The van der Waals surface area contributed by atoms with Gasteiger partial charge in [-0.3, -0.25) is 4.79 Å². The highest BCUT2D eigenvalue weighted by Crippen LogP contribution is 2.47. The number of amides is 1. The molecule has 0 radical (unpaired) electrons. The van der Waals surface area contributed by atoms with Crippen LogP contribution in [0, 0.1) is 28.9 Å². The van der Waals surface area contributed by atoms with Crippen molar-refractivity contribution < 1.29 is 23.5 Å². The monoisotopic (exact) mass is 474 g/mol. The second-order valence-electron chi connectivity index (χ2n) is 8.65. The average molecular weight is 474 g/mol. The van der Waals surface area contributed by atoms with Crippen molar-refractivity contribution >= 4 is 17.7 Å². The van der Waals surface area contributed by atoms with Crippen molar-refractivity contribution in [2.45, 2.75) is 25.0 Å². The quantitative estimate of drug-likeness (QED) is 0.602. The minimum Gasteiger partial charge on any atom is -0.480 e. The van der Waals surface area contributed by atoms with Crippen LogP contribution in [0.4, 0.5) is 14.6 Å². The lowest BCUT2D eigenvalue weighted by Crippen LogP contribution is -2.44. The van der Waals surface area contributed by atoms with E-state index in [1.807, 2.05) is 6.07 Å². The largest absolute Gasteiger partial charge is 0.480 e. The molecular formula is C26H20F2N4O3. The lowest BCUT2D eigenvalue weighted by atomic mass is 9.86. The molecular weight excluding hydrogens is 454 g/mol. The second-order valence-corrected chi connectivity index (χ2v) is 8.65. The van der Waals surface area contributed by atoms with E-state index in [9.17, 15) is 19.1 Å². The van der Waals surface area contributed by atoms with Crippen molar-refractivity contribution in [1.29, 1.82) is 5.26 Å². The summed E-state index contributed by atoms with van der Waals surface area (Å²) >= 11 is 0. The Balaban J connectivity index is 1.56. The molecule has 5 rings (SSSR count). The fraction of sp³-hybridized carbons (Fsp3) is 0.231. The molecule has 176 valence electrons. The number of hydrogen-bond donors (Lipinski definition) is 1. The Morgan fingerprint density at radius 2 is 1.91 bits per heavy atom. The third kappa shape index (κ3) is 3.87. The number of pyridine rings is 1. The van der Waals surface area contributed by atoms with Gasteiger partial charge in [0.05, 0.1) is 11.6 Å². The third-order valence-corrected chi connectivity index (χ3v) is 6.72. The van der Waals surface area contributed by atoms with Crippen LogP contribution in [0.2, 0.25) is 0 Å². The summed E-state index contributed by atoms with van der Waals surface area (Å²) in [4.78, 5) is 33.2. The Morgan fingerprint density at radius 1 is 1.14 bits per heavy atom. The minimum absolute atomic E-state index is 0.0792. The fourth-order valence-electron chi connectivity index (χ4n) is 5.21. The van der Waals surface area contributed by atoms with E-state index >= 15 is 4.39 Å². The highest BCUT2D eigenvalue weighted by atomic mass is 19.1. The number of benzene rings is 2. The number of anilines is 1. The number of rotatable bonds is 5. The number of aromatic nitrogens is 1. The molecule has 1 amide bonds. The number of nitrogens with zero attached hydrogens (tertiary/aromatic N) is 4. The molecule has 0 saturated carbocycles. The topological polar surface area (TPSA) is 97.5 Å². The first-order valence-corrected chi connectivity index (χ1v) is 11.1. The van der Waals surface area contributed by atoms with E-state index in [4.69, 9.17) is 5.26 Å². The summed E-state index contributed by atoms with van der Waals surface area (Å²) in [6.45, 7) is 0.412. The number of aliphatic carboxylic acids is 1. The zero-order chi connectivity index (χ0) is 24.7. The Bertz CT molecular complexity index is 1340. The lowest BCUT2D eigenvalue weighted by Gasteiger charge is -2.34. The number of hydrogen-bond acceptors (Lipinski definition) is 5. The van der Waals surface area contributed by atoms with E-state index in [0.29, 0.717) is 29.9 Å². The number of nitriles is 1. The number of halogens is 2. The van der Waals surface area contributed by atoms with Crippen molar-refractivity contribution in [3.05, 3.63) is 94.7 Å². The fourth-order valence-corrected chi connectivity index (χ4v) is 5.21. The van der Waals surface area contributed by atoms with E-state index in [0.717, 1.165) is 0 Å². The van der Waals surface area contributed by atoms with Crippen LogP contribution in [0.3, 0.4) is 0 Å². The molecule has 2 unspecified atom stereocenters. The predicted molar refractivity (Wildman–Crippen MR) is 121 cm³/mol. The van der Waals surface area contributed by atoms with Crippen molar-refractivity contribution in [3.8, 4) is 6.07 Å². The Labute approximate surface area is 199 Å². The van der Waals surface area contributed by atoms with Gasteiger partial charge >= 0.3 is 5.97 Å². The highest BCUT2D eigenvalue weighted by molar-refractivity contribution is 5.99. The smallest absolute Gasteiger partial charge is 0.326 e. The lowest BCUT2D eigenvalue weighted by molar-refractivity contribution is -0.140. The van der Waals surface area contributed by atoms with Crippen LogP contribution < -0.4 is 4.90 Å². The van der Waals surface area contributed by atoms with E-state index in [-0.39, 0.29) is 17.7 Å². The maximum Gasteiger partial charge on any atom is 0.326 e. The van der Waals surface area contributed by atoms with Crippen molar-refractivity contribution in [3.63, 3.8) is 0 Å². The molecule has 7 nitrogen and oxygen atoms in total. The van der Waals surface area contributed by atoms with E-state index in [1.54, 1.807) is 35.2 Å². The summed E-state index contributed by atoms with van der Waals surface area (Å²) in [6, 6.07) is 13.2. The number of carboxylic acid groups (broad SMARTS) is 1. The van der Waals surface area contributed by atoms with Crippen LogP contribution in [0.5, 0.6) is 0 Å².